The van der Waals surface area contributed by atoms with E-state index in [4.69, 9.17) is 34.8 Å². The monoisotopic (exact) mass is 316 g/mol. The van der Waals surface area contributed by atoms with Crippen molar-refractivity contribution in [3.63, 3.8) is 0 Å². The van der Waals surface area contributed by atoms with Crippen molar-refractivity contribution < 1.29 is 5.11 Å². The highest BCUT2D eigenvalue weighted by molar-refractivity contribution is 8.16. The summed E-state index contributed by atoms with van der Waals surface area (Å²) in [5.74, 6) is -0.0785. The molecule has 90 valence electrons. The zero-order valence-electron chi connectivity index (χ0n) is 8.76. The van der Waals surface area contributed by atoms with Crippen molar-refractivity contribution in [1.29, 1.82) is 0 Å². The van der Waals surface area contributed by atoms with Gasteiger partial charge in [-0.25, -0.2) is 0 Å². The topological polar surface area (TPSA) is 20.2 Å². The highest BCUT2D eigenvalue weighted by Crippen LogP contribution is 2.40. The highest BCUT2D eigenvalue weighted by Gasteiger charge is 2.17. The molecular formula is C10H11Cl3OS2. The van der Waals surface area contributed by atoms with Crippen LogP contribution in [-0.2, 0) is 6.42 Å². The second-order valence-corrected chi connectivity index (χ2v) is 6.63. The van der Waals surface area contributed by atoms with E-state index in [9.17, 15) is 5.11 Å². The molecule has 0 aliphatic rings. The van der Waals surface area contributed by atoms with Crippen molar-refractivity contribution in [3.8, 4) is 5.75 Å². The summed E-state index contributed by atoms with van der Waals surface area (Å²) in [6, 6.07) is 1.43. The van der Waals surface area contributed by atoms with E-state index in [2.05, 4.69) is 0 Å². The SMILES string of the molecule is CSC(Cc1c(Cl)cc(O)c(Cl)c1Cl)SC. The van der Waals surface area contributed by atoms with Crippen LogP contribution in [0.2, 0.25) is 15.1 Å². The van der Waals surface area contributed by atoms with Gasteiger partial charge in [-0.3, -0.25) is 0 Å². The molecule has 16 heavy (non-hydrogen) atoms. The van der Waals surface area contributed by atoms with Gasteiger partial charge in [-0.1, -0.05) is 34.8 Å². The fourth-order valence-corrected chi connectivity index (χ4v) is 3.44. The van der Waals surface area contributed by atoms with E-state index in [0.29, 0.717) is 14.6 Å². The van der Waals surface area contributed by atoms with Gasteiger partial charge in [0, 0.05) is 11.1 Å². The zero-order valence-corrected chi connectivity index (χ0v) is 12.7. The number of rotatable bonds is 4. The fourth-order valence-electron chi connectivity index (χ4n) is 1.24. The molecule has 0 fully saturated rings. The maximum Gasteiger partial charge on any atom is 0.137 e. The largest absolute Gasteiger partial charge is 0.506 e. The third-order valence-corrected chi connectivity index (χ3v) is 5.90. The summed E-state index contributed by atoms with van der Waals surface area (Å²) >= 11 is 21.4. The van der Waals surface area contributed by atoms with Gasteiger partial charge in [-0.15, -0.1) is 0 Å². The first-order valence-corrected chi connectivity index (χ1v) is 8.13. The Morgan fingerprint density at radius 1 is 1.19 bits per heavy atom. The van der Waals surface area contributed by atoms with Gasteiger partial charge in [0.05, 0.1) is 9.60 Å². The average Bonchev–Trinajstić information content (AvgIpc) is 2.27. The van der Waals surface area contributed by atoms with Gasteiger partial charge in [-0.2, -0.15) is 23.5 Å². The summed E-state index contributed by atoms with van der Waals surface area (Å²) in [6.07, 6.45) is 4.79. The van der Waals surface area contributed by atoms with Gasteiger partial charge in [0.1, 0.15) is 10.8 Å². The Bertz CT molecular complexity index is 381. The number of benzene rings is 1. The van der Waals surface area contributed by atoms with Crippen molar-refractivity contribution in [2.45, 2.75) is 11.0 Å². The van der Waals surface area contributed by atoms with E-state index in [1.165, 1.54) is 6.07 Å². The third kappa shape index (κ3) is 3.30. The molecule has 0 heterocycles. The van der Waals surface area contributed by atoms with Crippen molar-refractivity contribution in [2.24, 2.45) is 0 Å². The van der Waals surface area contributed by atoms with E-state index >= 15 is 0 Å². The lowest BCUT2D eigenvalue weighted by atomic mass is 10.1. The van der Waals surface area contributed by atoms with Crippen LogP contribution in [0.15, 0.2) is 6.07 Å². The molecule has 1 nitrogen and oxygen atoms in total. The summed E-state index contributed by atoms with van der Waals surface area (Å²) in [4.78, 5) is 0. The minimum atomic E-state index is -0.0785. The van der Waals surface area contributed by atoms with E-state index in [-0.39, 0.29) is 10.8 Å². The van der Waals surface area contributed by atoms with Crippen LogP contribution in [0.1, 0.15) is 5.56 Å². The van der Waals surface area contributed by atoms with Crippen LogP contribution in [0.4, 0.5) is 0 Å². The number of hydrogen-bond donors (Lipinski definition) is 1. The lowest BCUT2D eigenvalue weighted by Gasteiger charge is -2.15. The number of phenols is 1. The molecule has 0 spiro atoms. The zero-order chi connectivity index (χ0) is 12.3. The molecule has 1 rings (SSSR count). The molecular weight excluding hydrogens is 307 g/mol. The molecule has 1 aromatic rings. The predicted octanol–water partition coefficient (Wildman–Crippen LogP) is 4.95. The second kappa shape index (κ2) is 6.50. The van der Waals surface area contributed by atoms with E-state index in [1.54, 1.807) is 23.5 Å². The summed E-state index contributed by atoms with van der Waals surface area (Å²) in [6.45, 7) is 0. The normalized spacial score (nSPS) is 11.1. The van der Waals surface area contributed by atoms with Crippen LogP contribution in [0.5, 0.6) is 5.75 Å². The number of halogens is 3. The summed E-state index contributed by atoms with van der Waals surface area (Å²) in [5.41, 5.74) is 0.792. The summed E-state index contributed by atoms with van der Waals surface area (Å²) in [7, 11) is 0. The maximum absolute atomic E-state index is 9.44. The van der Waals surface area contributed by atoms with Crippen LogP contribution in [0.25, 0.3) is 0 Å². The van der Waals surface area contributed by atoms with Crippen LogP contribution >= 0.6 is 58.3 Å². The minimum absolute atomic E-state index is 0.0785. The predicted molar refractivity (Wildman–Crippen MR) is 77.7 cm³/mol. The molecule has 0 saturated heterocycles. The molecule has 0 saturated carbocycles. The Kier molecular flexibility index (Phi) is 5.95. The Morgan fingerprint density at radius 2 is 1.75 bits per heavy atom. The molecule has 0 aliphatic carbocycles. The lowest BCUT2D eigenvalue weighted by molar-refractivity contribution is 0.475. The molecule has 1 aromatic carbocycles. The fraction of sp³-hybridized carbons (Fsp3) is 0.400. The first-order valence-electron chi connectivity index (χ1n) is 4.42. The minimum Gasteiger partial charge on any atom is -0.506 e. The number of thioether (sulfide) groups is 2. The van der Waals surface area contributed by atoms with E-state index in [0.717, 1.165) is 12.0 Å². The van der Waals surface area contributed by atoms with E-state index < -0.39 is 0 Å². The van der Waals surface area contributed by atoms with Crippen molar-refractivity contribution in [2.75, 3.05) is 12.5 Å². The van der Waals surface area contributed by atoms with Gasteiger partial charge >= 0.3 is 0 Å². The smallest absolute Gasteiger partial charge is 0.137 e. The van der Waals surface area contributed by atoms with E-state index in [1.807, 2.05) is 12.5 Å². The Balaban J connectivity index is 3.09. The summed E-state index contributed by atoms with van der Waals surface area (Å²) in [5, 5.41) is 10.4. The average molecular weight is 318 g/mol. The molecule has 0 aliphatic heterocycles. The third-order valence-electron chi connectivity index (χ3n) is 2.13. The van der Waals surface area contributed by atoms with Gasteiger partial charge in [0.25, 0.3) is 0 Å². The van der Waals surface area contributed by atoms with Crippen LogP contribution in [0, 0.1) is 0 Å². The molecule has 0 atom stereocenters. The molecule has 0 radical (unpaired) electrons. The number of aromatic hydroxyl groups is 1. The first kappa shape index (κ1) is 14.7. The van der Waals surface area contributed by atoms with Gasteiger partial charge in [-0.05, 0) is 24.5 Å². The number of hydrogen-bond acceptors (Lipinski definition) is 3. The van der Waals surface area contributed by atoms with Crippen molar-refractivity contribution >= 4 is 58.3 Å². The van der Waals surface area contributed by atoms with Crippen LogP contribution < -0.4 is 0 Å². The van der Waals surface area contributed by atoms with Gasteiger partial charge in [0.2, 0.25) is 0 Å². The standard InChI is InChI=1S/C10H11Cl3OS2/c1-15-8(16-2)3-5-6(11)4-7(14)10(13)9(5)12/h4,8,14H,3H2,1-2H3. The maximum atomic E-state index is 9.44. The highest BCUT2D eigenvalue weighted by atomic mass is 35.5. The molecule has 6 heteroatoms. The Hall–Kier alpha value is 0.590. The molecule has 0 amide bonds. The molecule has 0 aromatic heterocycles. The van der Waals surface area contributed by atoms with Gasteiger partial charge < -0.3 is 5.11 Å². The molecule has 0 bridgehead atoms. The molecule has 1 N–H and O–H groups in total. The summed E-state index contributed by atoms with van der Waals surface area (Å²) < 4.78 is 0.371. The van der Waals surface area contributed by atoms with Gasteiger partial charge in [0.15, 0.2) is 0 Å². The van der Waals surface area contributed by atoms with Crippen molar-refractivity contribution in [3.05, 3.63) is 26.7 Å². The van der Waals surface area contributed by atoms with Crippen LogP contribution in [0.3, 0.4) is 0 Å². The first-order chi connectivity index (χ1) is 7.51. The van der Waals surface area contributed by atoms with Crippen molar-refractivity contribution in [1.82, 2.24) is 0 Å². The molecule has 0 unspecified atom stereocenters. The Morgan fingerprint density at radius 3 is 2.25 bits per heavy atom. The Labute approximate surface area is 119 Å². The number of phenolic OH excluding ortho intramolecular Hbond substituents is 1. The lowest BCUT2D eigenvalue weighted by Crippen LogP contribution is -2.02. The van der Waals surface area contributed by atoms with Crippen LogP contribution in [-0.4, -0.2) is 22.2 Å². The second-order valence-electron chi connectivity index (χ2n) is 3.09. The quantitative estimate of drug-likeness (QED) is 0.627.